The Morgan fingerprint density at radius 2 is 1.58 bits per heavy atom. The van der Waals surface area contributed by atoms with Gasteiger partial charge in [-0.15, -0.1) is 12.4 Å². The second-order valence-corrected chi connectivity index (χ2v) is 3.96. The first kappa shape index (κ1) is 15.2. The van der Waals surface area contributed by atoms with Crippen LogP contribution < -0.4 is 5.73 Å². The van der Waals surface area contributed by atoms with Crippen LogP contribution in [-0.2, 0) is 17.9 Å². The highest BCUT2D eigenvalue weighted by molar-refractivity contribution is 5.89. The number of esters is 1. The molecule has 0 aliphatic carbocycles. The summed E-state index contributed by atoms with van der Waals surface area (Å²) in [7, 11) is 0. The molecule has 0 atom stereocenters. The van der Waals surface area contributed by atoms with E-state index in [4.69, 9.17) is 10.5 Å². The topological polar surface area (TPSA) is 52.3 Å². The zero-order valence-electron chi connectivity index (χ0n) is 10.4. The van der Waals surface area contributed by atoms with E-state index in [1.165, 1.54) is 0 Å². The first-order chi connectivity index (χ1) is 8.79. The Morgan fingerprint density at radius 3 is 2.16 bits per heavy atom. The first-order valence-electron chi connectivity index (χ1n) is 5.79. The van der Waals surface area contributed by atoms with E-state index in [1.54, 1.807) is 12.1 Å². The average molecular weight is 278 g/mol. The van der Waals surface area contributed by atoms with Crippen molar-refractivity contribution < 1.29 is 9.53 Å². The largest absolute Gasteiger partial charge is 0.457 e. The highest BCUT2D eigenvalue weighted by Crippen LogP contribution is 2.08. The fourth-order valence-corrected chi connectivity index (χ4v) is 1.58. The van der Waals surface area contributed by atoms with Crippen LogP contribution in [0.1, 0.15) is 21.5 Å². The van der Waals surface area contributed by atoms with Crippen LogP contribution in [0.15, 0.2) is 54.6 Å². The molecule has 0 aliphatic rings. The number of rotatable bonds is 4. The summed E-state index contributed by atoms with van der Waals surface area (Å²) in [6.07, 6.45) is 0. The fourth-order valence-electron chi connectivity index (χ4n) is 1.58. The maximum Gasteiger partial charge on any atom is 0.338 e. The van der Waals surface area contributed by atoms with Crippen LogP contribution in [0.5, 0.6) is 0 Å². The normalized spacial score (nSPS) is 9.53. The van der Waals surface area contributed by atoms with E-state index < -0.39 is 0 Å². The monoisotopic (exact) mass is 277 g/mol. The van der Waals surface area contributed by atoms with Crippen molar-refractivity contribution in [2.75, 3.05) is 0 Å². The summed E-state index contributed by atoms with van der Waals surface area (Å²) in [5.74, 6) is -0.317. The van der Waals surface area contributed by atoms with Gasteiger partial charge in [0.2, 0.25) is 0 Å². The molecule has 0 amide bonds. The highest BCUT2D eigenvalue weighted by Gasteiger charge is 2.06. The van der Waals surface area contributed by atoms with Gasteiger partial charge in [0.1, 0.15) is 6.61 Å². The van der Waals surface area contributed by atoms with Gasteiger partial charge in [-0.3, -0.25) is 0 Å². The lowest BCUT2D eigenvalue weighted by Gasteiger charge is -2.05. The molecule has 2 N–H and O–H groups in total. The van der Waals surface area contributed by atoms with Gasteiger partial charge in [-0.05, 0) is 23.3 Å². The quantitative estimate of drug-likeness (QED) is 0.874. The molecule has 0 saturated heterocycles. The molecule has 2 aromatic carbocycles. The predicted octanol–water partition coefficient (Wildman–Crippen LogP) is 2.92. The van der Waals surface area contributed by atoms with E-state index in [1.807, 2.05) is 42.5 Å². The summed E-state index contributed by atoms with van der Waals surface area (Å²) in [5, 5.41) is 0. The molecule has 3 nitrogen and oxygen atoms in total. The van der Waals surface area contributed by atoms with Crippen molar-refractivity contribution in [1.29, 1.82) is 0 Å². The standard InChI is InChI=1S/C15H15NO2.ClH/c16-10-12-6-8-14(9-7-12)15(17)18-11-13-4-2-1-3-5-13;/h1-9H,10-11,16H2;1H. The van der Waals surface area contributed by atoms with Gasteiger partial charge in [0, 0.05) is 6.54 Å². The molecule has 100 valence electrons. The second kappa shape index (κ2) is 7.56. The molecule has 0 aliphatic heterocycles. The average Bonchev–Trinajstić information content (AvgIpc) is 2.46. The number of halogens is 1. The van der Waals surface area contributed by atoms with Gasteiger partial charge in [-0.1, -0.05) is 42.5 Å². The number of hydrogen-bond acceptors (Lipinski definition) is 3. The molecule has 0 fully saturated rings. The molecule has 0 spiro atoms. The number of nitrogens with two attached hydrogens (primary N) is 1. The Kier molecular flexibility index (Phi) is 6.06. The Bertz CT molecular complexity index is 511. The molecule has 0 radical (unpaired) electrons. The minimum absolute atomic E-state index is 0. The minimum Gasteiger partial charge on any atom is -0.457 e. The molecule has 0 saturated carbocycles. The van der Waals surface area contributed by atoms with Crippen LogP contribution in [0.25, 0.3) is 0 Å². The first-order valence-corrected chi connectivity index (χ1v) is 5.79. The van der Waals surface area contributed by atoms with Gasteiger partial charge in [-0.25, -0.2) is 4.79 Å². The summed E-state index contributed by atoms with van der Waals surface area (Å²) in [4.78, 5) is 11.8. The zero-order chi connectivity index (χ0) is 12.8. The van der Waals surface area contributed by atoms with Crippen LogP contribution in [0, 0.1) is 0 Å². The van der Waals surface area contributed by atoms with E-state index in [2.05, 4.69) is 0 Å². The van der Waals surface area contributed by atoms with Crippen LogP contribution in [-0.4, -0.2) is 5.97 Å². The van der Waals surface area contributed by atoms with E-state index in [0.717, 1.165) is 11.1 Å². The number of ether oxygens (including phenoxy) is 1. The molecule has 2 rings (SSSR count). The van der Waals surface area contributed by atoms with Crippen LogP contribution in [0.2, 0.25) is 0 Å². The summed E-state index contributed by atoms with van der Waals surface area (Å²) in [6, 6.07) is 16.7. The molecular formula is C15H16ClNO2. The lowest BCUT2D eigenvalue weighted by molar-refractivity contribution is 0.0472. The molecule has 4 heteroatoms. The lowest BCUT2D eigenvalue weighted by atomic mass is 10.1. The van der Waals surface area contributed by atoms with Gasteiger partial charge in [0.25, 0.3) is 0 Å². The smallest absolute Gasteiger partial charge is 0.338 e. The van der Waals surface area contributed by atoms with Crippen LogP contribution >= 0.6 is 12.4 Å². The van der Waals surface area contributed by atoms with Crippen molar-refractivity contribution >= 4 is 18.4 Å². The third-order valence-corrected chi connectivity index (χ3v) is 2.64. The molecular weight excluding hydrogens is 262 g/mol. The van der Waals surface area contributed by atoms with Crippen LogP contribution in [0.4, 0.5) is 0 Å². The van der Waals surface area contributed by atoms with Gasteiger partial charge < -0.3 is 10.5 Å². The van der Waals surface area contributed by atoms with E-state index >= 15 is 0 Å². The van der Waals surface area contributed by atoms with Crippen LogP contribution in [0.3, 0.4) is 0 Å². The van der Waals surface area contributed by atoms with Gasteiger partial charge >= 0.3 is 5.97 Å². The molecule has 0 aromatic heterocycles. The summed E-state index contributed by atoms with van der Waals surface area (Å²) < 4.78 is 5.22. The number of hydrogen-bond donors (Lipinski definition) is 1. The highest BCUT2D eigenvalue weighted by atomic mass is 35.5. The second-order valence-electron chi connectivity index (χ2n) is 3.96. The summed E-state index contributed by atoms with van der Waals surface area (Å²) >= 11 is 0. The Morgan fingerprint density at radius 1 is 0.947 bits per heavy atom. The fraction of sp³-hybridized carbons (Fsp3) is 0.133. The summed E-state index contributed by atoms with van der Waals surface area (Å²) in [5.41, 5.74) is 8.01. The molecule has 2 aromatic rings. The SMILES string of the molecule is Cl.NCc1ccc(C(=O)OCc2ccccc2)cc1. The maximum atomic E-state index is 11.8. The van der Waals surface area contributed by atoms with Crippen molar-refractivity contribution in [3.05, 3.63) is 71.3 Å². The van der Waals surface area contributed by atoms with Gasteiger partial charge in [0.05, 0.1) is 5.56 Å². The molecule has 0 unspecified atom stereocenters. The van der Waals surface area contributed by atoms with Gasteiger partial charge in [0.15, 0.2) is 0 Å². The van der Waals surface area contributed by atoms with Crippen molar-refractivity contribution in [1.82, 2.24) is 0 Å². The van der Waals surface area contributed by atoms with E-state index in [-0.39, 0.29) is 25.0 Å². The predicted molar refractivity (Wildman–Crippen MR) is 77.1 cm³/mol. The van der Waals surface area contributed by atoms with Crippen molar-refractivity contribution in [3.63, 3.8) is 0 Å². The third kappa shape index (κ3) is 4.39. The maximum absolute atomic E-state index is 11.8. The molecule has 19 heavy (non-hydrogen) atoms. The molecule has 0 bridgehead atoms. The Balaban J connectivity index is 0.00000180. The number of carbonyl (C=O) groups is 1. The van der Waals surface area contributed by atoms with Crippen molar-refractivity contribution in [3.8, 4) is 0 Å². The Hall–Kier alpha value is -1.84. The summed E-state index contributed by atoms with van der Waals surface area (Å²) in [6.45, 7) is 0.762. The van der Waals surface area contributed by atoms with E-state index in [0.29, 0.717) is 12.1 Å². The minimum atomic E-state index is -0.317. The number of carbonyl (C=O) groups excluding carboxylic acids is 1. The third-order valence-electron chi connectivity index (χ3n) is 2.64. The van der Waals surface area contributed by atoms with Crippen molar-refractivity contribution in [2.24, 2.45) is 5.73 Å². The zero-order valence-corrected chi connectivity index (χ0v) is 11.2. The number of benzene rings is 2. The van der Waals surface area contributed by atoms with Crippen molar-refractivity contribution in [2.45, 2.75) is 13.2 Å². The Labute approximate surface area is 118 Å². The molecule has 0 heterocycles. The lowest BCUT2D eigenvalue weighted by Crippen LogP contribution is -2.05. The van der Waals surface area contributed by atoms with E-state index in [9.17, 15) is 4.79 Å². The van der Waals surface area contributed by atoms with Gasteiger partial charge in [-0.2, -0.15) is 0 Å².